The van der Waals surface area contributed by atoms with Gasteiger partial charge in [0.15, 0.2) is 0 Å². The molecule has 20 heavy (non-hydrogen) atoms. The van der Waals surface area contributed by atoms with Gasteiger partial charge in [-0.2, -0.15) is 0 Å². The summed E-state index contributed by atoms with van der Waals surface area (Å²) in [7, 11) is 1.76. The van der Waals surface area contributed by atoms with Gasteiger partial charge in [0.25, 0.3) is 0 Å². The molecule has 0 saturated heterocycles. The number of benzene rings is 1. The van der Waals surface area contributed by atoms with Crippen LogP contribution >= 0.6 is 0 Å². The van der Waals surface area contributed by atoms with Gasteiger partial charge in [-0.05, 0) is 30.7 Å². The predicted molar refractivity (Wildman–Crippen MR) is 75.3 cm³/mol. The van der Waals surface area contributed by atoms with Crippen LogP contribution in [0.1, 0.15) is 19.7 Å². The van der Waals surface area contributed by atoms with Crippen LogP contribution in [0, 0.1) is 11.7 Å². The maximum Gasteiger partial charge on any atom is 0.322 e. The summed E-state index contributed by atoms with van der Waals surface area (Å²) in [6, 6.07) is 6.58. The van der Waals surface area contributed by atoms with Crippen LogP contribution in [0.2, 0.25) is 0 Å². The molecule has 0 saturated carbocycles. The molecule has 1 aromatic heterocycles. The second-order valence-electron chi connectivity index (χ2n) is 5.04. The number of aromatic nitrogens is 2. The molecular weight excluding hydrogens is 259 g/mol. The zero-order valence-electron chi connectivity index (χ0n) is 11.9. The van der Waals surface area contributed by atoms with Crippen LogP contribution in [-0.4, -0.2) is 23.8 Å². The van der Waals surface area contributed by atoms with Gasteiger partial charge in [0.1, 0.15) is 5.82 Å². The van der Waals surface area contributed by atoms with Crippen molar-refractivity contribution in [3.05, 3.63) is 36.0 Å². The lowest BCUT2D eigenvalue weighted by atomic mass is 10.2. The van der Waals surface area contributed by atoms with Gasteiger partial charge in [-0.15, -0.1) is 5.10 Å². The second kappa shape index (κ2) is 6.47. The Hall–Kier alpha value is -1.95. The van der Waals surface area contributed by atoms with Gasteiger partial charge < -0.3 is 9.73 Å². The fraction of sp³-hybridized carbons (Fsp3) is 0.429. The van der Waals surface area contributed by atoms with E-state index in [1.807, 2.05) is 0 Å². The predicted octanol–water partition coefficient (Wildman–Crippen LogP) is 2.72. The molecule has 0 fully saturated rings. The van der Waals surface area contributed by atoms with Gasteiger partial charge in [-0.3, -0.25) is 4.90 Å². The zero-order chi connectivity index (χ0) is 14.5. The monoisotopic (exact) mass is 278 g/mol. The quantitative estimate of drug-likeness (QED) is 0.880. The van der Waals surface area contributed by atoms with Gasteiger partial charge in [0.2, 0.25) is 5.89 Å². The van der Waals surface area contributed by atoms with Gasteiger partial charge >= 0.3 is 6.01 Å². The average Bonchev–Trinajstić information content (AvgIpc) is 2.86. The Morgan fingerprint density at radius 1 is 1.35 bits per heavy atom. The Balaban J connectivity index is 2.01. The standard InChI is InChI=1S/C14H19FN4O/c1-10(2)8-16-9-13-17-18-14(20-13)19(3)12-6-4-5-11(15)7-12/h4-7,10,16H,8-9H2,1-3H3. The fourth-order valence-electron chi connectivity index (χ4n) is 1.71. The van der Waals surface area contributed by atoms with E-state index in [0.717, 1.165) is 6.54 Å². The lowest BCUT2D eigenvalue weighted by molar-refractivity contribution is 0.455. The van der Waals surface area contributed by atoms with E-state index in [0.29, 0.717) is 30.1 Å². The molecule has 0 bridgehead atoms. The SMILES string of the molecule is CC(C)CNCc1nnc(N(C)c2cccc(F)c2)o1. The smallest absolute Gasteiger partial charge is 0.322 e. The number of nitrogens with one attached hydrogen (secondary N) is 1. The first-order chi connectivity index (χ1) is 9.56. The molecule has 6 heteroatoms. The molecule has 2 aromatic rings. The number of anilines is 2. The van der Waals surface area contributed by atoms with Crippen molar-refractivity contribution >= 4 is 11.7 Å². The van der Waals surface area contributed by atoms with Crippen molar-refractivity contribution in [1.29, 1.82) is 0 Å². The highest BCUT2D eigenvalue weighted by Crippen LogP contribution is 2.22. The topological polar surface area (TPSA) is 54.2 Å². The Bertz CT molecular complexity index is 556. The third-order valence-corrected chi connectivity index (χ3v) is 2.77. The molecule has 0 unspecified atom stereocenters. The van der Waals surface area contributed by atoms with E-state index >= 15 is 0 Å². The number of hydrogen-bond acceptors (Lipinski definition) is 5. The third-order valence-electron chi connectivity index (χ3n) is 2.77. The van der Waals surface area contributed by atoms with Crippen LogP contribution < -0.4 is 10.2 Å². The molecule has 1 heterocycles. The molecule has 1 aromatic carbocycles. The Morgan fingerprint density at radius 3 is 2.85 bits per heavy atom. The zero-order valence-corrected chi connectivity index (χ0v) is 11.9. The Kier molecular flexibility index (Phi) is 4.68. The van der Waals surface area contributed by atoms with Crippen molar-refractivity contribution in [1.82, 2.24) is 15.5 Å². The molecule has 0 aliphatic rings. The van der Waals surface area contributed by atoms with Crippen LogP contribution in [-0.2, 0) is 6.54 Å². The summed E-state index contributed by atoms with van der Waals surface area (Å²) in [4.78, 5) is 1.65. The first kappa shape index (κ1) is 14.5. The summed E-state index contributed by atoms with van der Waals surface area (Å²) in [6.45, 7) is 5.67. The molecule has 108 valence electrons. The first-order valence-corrected chi connectivity index (χ1v) is 6.58. The molecule has 0 atom stereocenters. The largest absolute Gasteiger partial charge is 0.406 e. The molecular formula is C14H19FN4O. The van der Waals surface area contributed by atoms with Crippen molar-refractivity contribution in [3.63, 3.8) is 0 Å². The number of hydrogen-bond donors (Lipinski definition) is 1. The minimum atomic E-state index is -0.298. The van der Waals surface area contributed by atoms with Gasteiger partial charge in [0, 0.05) is 12.7 Å². The van der Waals surface area contributed by atoms with Gasteiger partial charge in [0.05, 0.1) is 6.54 Å². The highest BCUT2D eigenvalue weighted by atomic mass is 19.1. The van der Waals surface area contributed by atoms with E-state index in [2.05, 4.69) is 29.4 Å². The van der Waals surface area contributed by atoms with E-state index in [9.17, 15) is 4.39 Å². The molecule has 2 rings (SSSR count). The molecule has 0 aliphatic carbocycles. The van der Waals surface area contributed by atoms with Crippen LogP contribution in [0.25, 0.3) is 0 Å². The Labute approximate surface area is 117 Å². The van der Waals surface area contributed by atoms with E-state index in [1.165, 1.54) is 12.1 Å². The number of rotatable bonds is 6. The van der Waals surface area contributed by atoms with Crippen LogP contribution in [0.15, 0.2) is 28.7 Å². The average molecular weight is 278 g/mol. The van der Waals surface area contributed by atoms with Gasteiger partial charge in [-0.25, -0.2) is 4.39 Å². The van der Waals surface area contributed by atoms with Crippen LogP contribution in [0.5, 0.6) is 0 Å². The summed E-state index contributed by atoms with van der Waals surface area (Å²) in [5, 5.41) is 11.2. The summed E-state index contributed by atoms with van der Waals surface area (Å²) < 4.78 is 18.7. The molecule has 0 aliphatic heterocycles. The van der Waals surface area contributed by atoms with E-state index in [1.54, 1.807) is 24.1 Å². The molecule has 5 nitrogen and oxygen atoms in total. The summed E-state index contributed by atoms with van der Waals surface area (Å²) in [5.74, 6) is 0.781. The maximum atomic E-state index is 13.2. The fourth-order valence-corrected chi connectivity index (χ4v) is 1.71. The third kappa shape index (κ3) is 3.77. The van der Waals surface area contributed by atoms with Crippen molar-refractivity contribution in [3.8, 4) is 0 Å². The van der Waals surface area contributed by atoms with E-state index < -0.39 is 0 Å². The minimum Gasteiger partial charge on any atom is -0.406 e. The van der Waals surface area contributed by atoms with Crippen molar-refractivity contribution in [2.45, 2.75) is 20.4 Å². The molecule has 0 amide bonds. The highest BCUT2D eigenvalue weighted by molar-refractivity contribution is 5.54. The van der Waals surface area contributed by atoms with Crippen LogP contribution in [0.4, 0.5) is 16.1 Å². The number of nitrogens with zero attached hydrogens (tertiary/aromatic N) is 3. The van der Waals surface area contributed by atoms with E-state index in [4.69, 9.17) is 4.42 Å². The molecule has 0 spiro atoms. The van der Waals surface area contributed by atoms with Gasteiger partial charge in [-0.1, -0.05) is 25.0 Å². The van der Waals surface area contributed by atoms with Crippen molar-refractivity contribution in [2.24, 2.45) is 5.92 Å². The number of halogens is 1. The van der Waals surface area contributed by atoms with E-state index in [-0.39, 0.29) is 5.82 Å². The van der Waals surface area contributed by atoms with Crippen molar-refractivity contribution < 1.29 is 8.81 Å². The first-order valence-electron chi connectivity index (χ1n) is 6.58. The van der Waals surface area contributed by atoms with Crippen molar-refractivity contribution in [2.75, 3.05) is 18.5 Å². The second-order valence-corrected chi connectivity index (χ2v) is 5.04. The molecule has 0 radical (unpaired) electrons. The molecule has 1 N–H and O–H groups in total. The summed E-state index contributed by atoms with van der Waals surface area (Å²) >= 11 is 0. The van der Waals surface area contributed by atoms with Crippen LogP contribution in [0.3, 0.4) is 0 Å². The normalized spacial score (nSPS) is 11.1. The minimum absolute atomic E-state index is 0.298. The highest BCUT2D eigenvalue weighted by Gasteiger charge is 2.12. The lowest BCUT2D eigenvalue weighted by Gasteiger charge is -2.13. The summed E-state index contributed by atoms with van der Waals surface area (Å²) in [6.07, 6.45) is 0. The Morgan fingerprint density at radius 2 is 2.15 bits per heavy atom. The lowest BCUT2D eigenvalue weighted by Crippen LogP contribution is -2.19. The maximum absolute atomic E-state index is 13.2. The summed E-state index contributed by atoms with van der Waals surface area (Å²) in [5.41, 5.74) is 0.662.